The van der Waals surface area contributed by atoms with Crippen molar-refractivity contribution in [2.24, 2.45) is 0 Å². The summed E-state index contributed by atoms with van der Waals surface area (Å²) in [6.07, 6.45) is 8.51. The lowest BCUT2D eigenvalue weighted by atomic mass is 10.3. The monoisotopic (exact) mass is 478 g/mol. The van der Waals surface area contributed by atoms with E-state index in [1.54, 1.807) is 31.1 Å². The average molecular weight is 479 g/mol. The van der Waals surface area contributed by atoms with Crippen molar-refractivity contribution in [3.8, 4) is 5.75 Å². The highest BCUT2D eigenvalue weighted by atomic mass is 32.2. The molecule has 8 nitrogen and oxygen atoms in total. The summed E-state index contributed by atoms with van der Waals surface area (Å²) < 4.78 is 10.6. The van der Waals surface area contributed by atoms with Crippen LogP contribution in [0.4, 0.5) is 29.1 Å². The van der Waals surface area contributed by atoms with Crippen LogP contribution in [0.5, 0.6) is 5.75 Å². The quantitative estimate of drug-likeness (QED) is 0.155. The maximum atomic E-state index is 5.60. The zero-order valence-corrected chi connectivity index (χ0v) is 20.5. The number of pyridine rings is 1. The van der Waals surface area contributed by atoms with Crippen molar-refractivity contribution in [3.63, 3.8) is 0 Å². The van der Waals surface area contributed by atoms with Gasteiger partial charge in [-0.15, -0.1) is 11.8 Å². The van der Waals surface area contributed by atoms with E-state index in [2.05, 4.69) is 50.5 Å². The van der Waals surface area contributed by atoms with Crippen LogP contribution in [-0.4, -0.2) is 41.5 Å². The number of thioether (sulfide) groups is 1. The first-order valence-corrected chi connectivity index (χ1v) is 12.1. The van der Waals surface area contributed by atoms with Crippen LogP contribution >= 0.6 is 11.8 Å². The molecule has 3 rings (SSSR count). The van der Waals surface area contributed by atoms with Crippen molar-refractivity contribution in [2.75, 3.05) is 42.5 Å². The number of nitrogens with one attached hydrogen (secondary N) is 3. The van der Waals surface area contributed by atoms with E-state index in [4.69, 9.17) is 9.47 Å². The number of anilines is 5. The lowest BCUT2D eigenvalue weighted by Gasteiger charge is -2.13. The third-order valence-electron chi connectivity index (χ3n) is 4.55. The summed E-state index contributed by atoms with van der Waals surface area (Å²) in [5.41, 5.74) is 1.77. The van der Waals surface area contributed by atoms with Crippen molar-refractivity contribution >= 4 is 40.9 Å². The van der Waals surface area contributed by atoms with Gasteiger partial charge < -0.3 is 25.4 Å². The molecule has 0 radical (unpaired) electrons. The molecule has 1 aromatic carbocycles. The fourth-order valence-electron chi connectivity index (χ4n) is 2.92. The largest absolute Gasteiger partial charge is 0.491 e. The minimum absolute atomic E-state index is 0.474. The predicted octanol–water partition coefficient (Wildman–Crippen LogP) is 6.00. The molecule has 34 heavy (non-hydrogen) atoms. The van der Waals surface area contributed by atoms with Crippen LogP contribution in [0.2, 0.25) is 0 Å². The number of hydrogen-bond acceptors (Lipinski definition) is 9. The highest BCUT2D eigenvalue weighted by Crippen LogP contribution is 2.28. The normalized spacial score (nSPS) is 11.1. The SMILES string of the molecule is C=C/C(=C\CC)Nc1cccc(Nc2nc(Nc3ccc(OCCOC)cc3)ncc2SC)n1. The number of ether oxygens (including phenoxy) is 2. The third-order valence-corrected chi connectivity index (χ3v) is 5.29. The van der Waals surface area contributed by atoms with Gasteiger partial charge in [-0.3, -0.25) is 0 Å². The second kappa shape index (κ2) is 13.2. The molecule has 0 aliphatic carbocycles. The second-order valence-corrected chi connectivity index (χ2v) is 7.88. The highest BCUT2D eigenvalue weighted by Gasteiger charge is 2.09. The molecule has 0 amide bonds. The van der Waals surface area contributed by atoms with E-state index in [1.807, 2.05) is 48.7 Å². The van der Waals surface area contributed by atoms with E-state index >= 15 is 0 Å². The number of nitrogens with zero attached hydrogens (tertiary/aromatic N) is 3. The molecule has 0 spiro atoms. The number of aromatic nitrogens is 3. The standard InChI is InChI=1S/C25H30N6O2S/c1-5-8-18(6-2)27-22-9-7-10-23(29-22)30-24-21(34-4)17-26-25(31-24)28-19-11-13-20(14-12-19)33-16-15-32-3/h6-14,17H,2,5,15-16H2,1,3-4H3,(H3,26,27,28,29,30,31)/b18-8+. The Labute approximate surface area is 204 Å². The van der Waals surface area contributed by atoms with E-state index in [1.165, 1.54) is 0 Å². The van der Waals surface area contributed by atoms with Crippen LogP contribution in [0.25, 0.3) is 0 Å². The van der Waals surface area contributed by atoms with Gasteiger partial charge in [0, 0.05) is 24.7 Å². The van der Waals surface area contributed by atoms with Gasteiger partial charge in [-0.25, -0.2) is 9.97 Å². The lowest BCUT2D eigenvalue weighted by molar-refractivity contribution is 0.146. The lowest BCUT2D eigenvalue weighted by Crippen LogP contribution is -2.05. The van der Waals surface area contributed by atoms with Crippen LogP contribution in [0.15, 0.2) is 78.0 Å². The van der Waals surface area contributed by atoms with Crippen molar-refractivity contribution in [2.45, 2.75) is 18.2 Å². The fraction of sp³-hybridized carbons (Fsp3) is 0.240. The molecule has 0 bridgehead atoms. The van der Waals surface area contributed by atoms with Gasteiger partial charge >= 0.3 is 0 Å². The summed E-state index contributed by atoms with van der Waals surface area (Å²) in [6.45, 7) is 6.97. The van der Waals surface area contributed by atoms with E-state index in [0.29, 0.717) is 30.8 Å². The van der Waals surface area contributed by atoms with Crippen LogP contribution in [0.1, 0.15) is 13.3 Å². The minimum Gasteiger partial charge on any atom is -0.491 e. The molecule has 2 aromatic heterocycles. The number of rotatable bonds is 13. The van der Waals surface area contributed by atoms with Crippen molar-refractivity contribution in [1.82, 2.24) is 15.0 Å². The zero-order valence-electron chi connectivity index (χ0n) is 19.7. The Morgan fingerprint density at radius 3 is 2.56 bits per heavy atom. The first kappa shape index (κ1) is 25.1. The summed E-state index contributed by atoms with van der Waals surface area (Å²) in [7, 11) is 1.65. The summed E-state index contributed by atoms with van der Waals surface area (Å²) in [5, 5.41) is 9.82. The first-order chi connectivity index (χ1) is 16.6. The van der Waals surface area contributed by atoms with Crippen LogP contribution in [0, 0.1) is 0 Å². The van der Waals surface area contributed by atoms with E-state index in [9.17, 15) is 0 Å². The third kappa shape index (κ3) is 7.50. The van der Waals surface area contributed by atoms with Crippen molar-refractivity contribution in [1.29, 1.82) is 0 Å². The van der Waals surface area contributed by atoms with Crippen molar-refractivity contribution in [3.05, 3.63) is 73.1 Å². The van der Waals surface area contributed by atoms with Crippen LogP contribution in [-0.2, 0) is 4.74 Å². The maximum absolute atomic E-state index is 5.60. The maximum Gasteiger partial charge on any atom is 0.229 e. The fourth-order valence-corrected chi connectivity index (χ4v) is 3.37. The van der Waals surface area contributed by atoms with E-state index in [0.717, 1.165) is 34.3 Å². The predicted molar refractivity (Wildman–Crippen MR) is 141 cm³/mol. The molecule has 0 fully saturated rings. The molecule has 0 aliphatic heterocycles. The molecule has 0 atom stereocenters. The molecule has 9 heteroatoms. The van der Waals surface area contributed by atoms with Crippen molar-refractivity contribution < 1.29 is 9.47 Å². The molecule has 0 aliphatic rings. The molecular weight excluding hydrogens is 448 g/mol. The number of hydrogen-bond donors (Lipinski definition) is 3. The van der Waals surface area contributed by atoms with Crippen LogP contribution < -0.4 is 20.7 Å². The molecule has 0 unspecified atom stereocenters. The van der Waals surface area contributed by atoms with Crippen LogP contribution in [0.3, 0.4) is 0 Å². The average Bonchev–Trinajstić information content (AvgIpc) is 2.85. The van der Waals surface area contributed by atoms with Gasteiger partial charge in [0.1, 0.15) is 24.0 Å². The number of methoxy groups -OCH3 is 1. The van der Waals surface area contributed by atoms with Gasteiger partial charge in [-0.05, 0) is 55.2 Å². The summed E-state index contributed by atoms with van der Waals surface area (Å²) in [5.74, 6) is 3.30. The summed E-state index contributed by atoms with van der Waals surface area (Å²) >= 11 is 1.56. The second-order valence-electron chi connectivity index (χ2n) is 7.03. The Morgan fingerprint density at radius 1 is 1.06 bits per heavy atom. The number of benzene rings is 1. The molecule has 0 saturated carbocycles. The van der Waals surface area contributed by atoms with Gasteiger partial charge in [0.15, 0.2) is 5.82 Å². The molecule has 0 saturated heterocycles. The number of allylic oxidation sites excluding steroid dienone is 2. The summed E-state index contributed by atoms with van der Waals surface area (Å²) in [6, 6.07) is 13.3. The Balaban J connectivity index is 1.73. The minimum atomic E-state index is 0.474. The molecule has 3 N–H and O–H groups in total. The highest BCUT2D eigenvalue weighted by molar-refractivity contribution is 7.98. The van der Waals surface area contributed by atoms with Gasteiger partial charge in [0.05, 0.1) is 11.5 Å². The smallest absolute Gasteiger partial charge is 0.229 e. The molecule has 178 valence electrons. The first-order valence-electron chi connectivity index (χ1n) is 10.9. The molecule has 3 aromatic rings. The Kier molecular flexibility index (Phi) is 9.75. The Hall–Kier alpha value is -3.56. The van der Waals surface area contributed by atoms with Gasteiger partial charge in [-0.1, -0.05) is 25.6 Å². The van der Waals surface area contributed by atoms with E-state index in [-0.39, 0.29) is 0 Å². The molecular formula is C25H30N6O2S. The summed E-state index contributed by atoms with van der Waals surface area (Å²) in [4.78, 5) is 14.7. The van der Waals surface area contributed by atoms with Gasteiger partial charge in [-0.2, -0.15) is 4.98 Å². The topological polar surface area (TPSA) is 93.2 Å². The zero-order chi connectivity index (χ0) is 24.2. The van der Waals surface area contributed by atoms with E-state index < -0.39 is 0 Å². The Morgan fingerprint density at radius 2 is 1.85 bits per heavy atom. The van der Waals surface area contributed by atoms with Gasteiger partial charge in [0.25, 0.3) is 0 Å². The Bertz CT molecular complexity index is 1100. The molecule has 2 heterocycles. The van der Waals surface area contributed by atoms with Gasteiger partial charge in [0.2, 0.25) is 5.95 Å².